The number of hydrogen-bond donors (Lipinski definition) is 0. The van der Waals surface area contributed by atoms with Crippen molar-refractivity contribution in [3.8, 4) is 11.5 Å². The average Bonchev–Trinajstić information content (AvgIpc) is 2.55. The average molecular weight is 284 g/mol. The minimum absolute atomic E-state index is 0.581. The zero-order valence-corrected chi connectivity index (χ0v) is 12.4. The molecular weight excluding hydrogens is 264 g/mol. The Morgan fingerprint density at radius 3 is 1.95 bits per heavy atom. The molecule has 0 atom stereocenters. The van der Waals surface area contributed by atoms with Crippen molar-refractivity contribution in [2.75, 3.05) is 20.8 Å². The first kappa shape index (κ1) is 15.1. The highest BCUT2D eigenvalue weighted by atomic mass is 16.5. The van der Waals surface area contributed by atoms with Gasteiger partial charge in [-0.1, -0.05) is 36.4 Å². The summed E-state index contributed by atoms with van der Waals surface area (Å²) in [5.74, 6) is 1.72. The summed E-state index contributed by atoms with van der Waals surface area (Å²) in [4.78, 5) is 0. The lowest BCUT2D eigenvalue weighted by atomic mass is 10.2. The van der Waals surface area contributed by atoms with Crippen LogP contribution in [0.4, 0.5) is 0 Å². The van der Waals surface area contributed by atoms with Gasteiger partial charge in [-0.2, -0.15) is 0 Å². The van der Waals surface area contributed by atoms with Gasteiger partial charge in [-0.05, 0) is 35.4 Å². The minimum atomic E-state index is 0.581. The molecule has 2 aromatic carbocycles. The number of hydrogen-bond acceptors (Lipinski definition) is 3. The molecule has 2 aromatic rings. The van der Waals surface area contributed by atoms with Crippen LogP contribution in [0.25, 0.3) is 6.08 Å². The van der Waals surface area contributed by atoms with Gasteiger partial charge in [-0.25, -0.2) is 0 Å². The molecule has 0 saturated carbocycles. The molecule has 0 fully saturated rings. The highest BCUT2D eigenvalue weighted by Crippen LogP contribution is 2.13. The zero-order valence-electron chi connectivity index (χ0n) is 12.4. The van der Waals surface area contributed by atoms with Gasteiger partial charge in [0.25, 0.3) is 0 Å². The maximum absolute atomic E-state index is 5.61. The molecule has 110 valence electrons. The summed E-state index contributed by atoms with van der Waals surface area (Å²) >= 11 is 0. The van der Waals surface area contributed by atoms with Crippen molar-refractivity contribution in [2.45, 2.75) is 6.61 Å². The van der Waals surface area contributed by atoms with Crippen molar-refractivity contribution in [2.24, 2.45) is 0 Å². The molecule has 0 bridgehead atoms. The summed E-state index contributed by atoms with van der Waals surface area (Å²) in [6.45, 7) is 1.18. The number of ether oxygens (including phenoxy) is 3. The van der Waals surface area contributed by atoms with Crippen LogP contribution in [0, 0.1) is 0 Å². The SMILES string of the molecule is COc1ccc(/C=C/COCc2ccc(OC)cc2)cc1. The van der Waals surface area contributed by atoms with Gasteiger partial charge in [0.1, 0.15) is 11.5 Å². The van der Waals surface area contributed by atoms with E-state index in [-0.39, 0.29) is 0 Å². The Balaban J connectivity index is 1.74. The lowest BCUT2D eigenvalue weighted by Crippen LogP contribution is -1.93. The Morgan fingerprint density at radius 2 is 1.38 bits per heavy atom. The Labute approximate surface area is 125 Å². The largest absolute Gasteiger partial charge is 0.497 e. The molecule has 2 rings (SSSR count). The van der Waals surface area contributed by atoms with E-state index in [9.17, 15) is 0 Å². The van der Waals surface area contributed by atoms with E-state index in [1.807, 2.05) is 60.7 Å². The van der Waals surface area contributed by atoms with E-state index in [1.54, 1.807) is 14.2 Å². The summed E-state index contributed by atoms with van der Waals surface area (Å²) in [6.07, 6.45) is 4.04. The van der Waals surface area contributed by atoms with Crippen molar-refractivity contribution in [3.63, 3.8) is 0 Å². The molecule has 0 aliphatic rings. The van der Waals surface area contributed by atoms with Crippen molar-refractivity contribution >= 4 is 6.08 Å². The third kappa shape index (κ3) is 4.97. The van der Waals surface area contributed by atoms with Gasteiger partial charge in [-0.15, -0.1) is 0 Å². The second-order valence-corrected chi connectivity index (χ2v) is 4.54. The van der Waals surface area contributed by atoms with E-state index in [2.05, 4.69) is 0 Å². The van der Waals surface area contributed by atoms with Crippen LogP contribution in [0.3, 0.4) is 0 Å². The molecule has 3 nitrogen and oxygen atoms in total. The second kappa shape index (κ2) is 8.12. The van der Waals surface area contributed by atoms with Crippen molar-refractivity contribution in [1.29, 1.82) is 0 Å². The van der Waals surface area contributed by atoms with Gasteiger partial charge in [0.2, 0.25) is 0 Å². The fraction of sp³-hybridized carbons (Fsp3) is 0.222. The van der Waals surface area contributed by atoms with E-state index in [4.69, 9.17) is 14.2 Å². The number of rotatable bonds is 7. The van der Waals surface area contributed by atoms with Crippen LogP contribution < -0.4 is 9.47 Å². The van der Waals surface area contributed by atoms with Crippen molar-refractivity contribution < 1.29 is 14.2 Å². The highest BCUT2D eigenvalue weighted by Gasteiger charge is 1.94. The van der Waals surface area contributed by atoms with Gasteiger partial charge in [-0.3, -0.25) is 0 Å². The Bertz CT molecular complexity index is 556. The minimum Gasteiger partial charge on any atom is -0.497 e. The molecule has 0 spiro atoms. The summed E-state index contributed by atoms with van der Waals surface area (Å²) in [7, 11) is 3.33. The van der Waals surface area contributed by atoms with Crippen LogP contribution >= 0.6 is 0 Å². The molecule has 0 N–H and O–H groups in total. The summed E-state index contributed by atoms with van der Waals surface area (Å²) in [5.41, 5.74) is 2.26. The molecule has 0 radical (unpaired) electrons. The van der Waals surface area contributed by atoms with Crippen LogP contribution in [-0.4, -0.2) is 20.8 Å². The molecular formula is C18H20O3. The Morgan fingerprint density at radius 1 is 0.810 bits per heavy atom. The van der Waals surface area contributed by atoms with Gasteiger partial charge in [0, 0.05) is 0 Å². The first-order chi connectivity index (χ1) is 10.3. The number of methoxy groups -OCH3 is 2. The first-order valence-electron chi connectivity index (χ1n) is 6.83. The molecule has 3 heteroatoms. The molecule has 0 aliphatic carbocycles. The van der Waals surface area contributed by atoms with E-state index in [0.29, 0.717) is 13.2 Å². The van der Waals surface area contributed by atoms with Crippen molar-refractivity contribution in [1.82, 2.24) is 0 Å². The van der Waals surface area contributed by atoms with Crippen LogP contribution in [0.15, 0.2) is 54.6 Å². The predicted octanol–water partition coefficient (Wildman–Crippen LogP) is 3.93. The van der Waals surface area contributed by atoms with Gasteiger partial charge >= 0.3 is 0 Å². The maximum atomic E-state index is 5.61. The fourth-order valence-electron chi connectivity index (χ4n) is 1.87. The fourth-order valence-corrected chi connectivity index (χ4v) is 1.87. The molecule has 21 heavy (non-hydrogen) atoms. The first-order valence-corrected chi connectivity index (χ1v) is 6.83. The quantitative estimate of drug-likeness (QED) is 0.721. The standard InChI is InChI=1S/C18H20O3/c1-19-17-9-5-15(6-10-17)4-3-13-21-14-16-7-11-18(20-2)12-8-16/h3-12H,13-14H2,1-2H3/b4-3+. The lowest BCUT2D eigenvalue weighted by Gasteiger charge is -2.03. The number of benzene rings is 2. The van der Waals surface area contributed by atoms with E-state index < -0.39 is 0 Å². The van der Waals surface area contributed by atoms with Gasteiger partial charge < -0.3 is 14.2 Å². The third-order valence-corrected chi connectivity index (χ3v) is 3.07. The van der Waals surface area contributed by atoms with Gasteiger partial charge in [0.05, 0.1) is 27.4 Å². The molecule has 0 aromatic heterocycles. The van der Waals surface area contributed by atoms with Crippen LogP contribution in [0.1, 0.15) is 11.1 Å². The molecule has 0 heterocycles. The van der Waals surface area contributed by atoms with Crippen molar-refractivity contribution in [3.05, 3.63) is 65.7 Å². The highest BCUT2D eigenvalue weighted by molar-refractivity contribution is 5.50. The summed E-state index contributed by atoms with van der Waals surface area (Å²) in [5, 5.41) is 0. The normalized spacial score (nSPS) is 10.8. The molecule has 0 saturated heterocycles. The van der Waals surface area contributed by atoms with Crippen LogP contribution in [0.2, 0.25) is 0 Å². The monoisotopic (exact) mass is 284 g/mol. The molecule has 0 unspecified atom stereocenters. The smallest absolute Gasteiger partial charge is 0.118 e. The summed E-state index contributed by atoms with van der Waals surface area (Å²) in [6, 6.07) is 15.8. The zero-order chi connectivity index (χ0) is 14.9. The van der Waals surface area contributed by atoms with Gasteiger partial charge in [0.15, 0.2) is 0 Å². The summed E-state index contributed by atoms with van der Waals surface area (Å²) < 4.78 is 15.8. The molecule has 0 aliphatic heterocycles. The second-order valence-electron chi connectivity index (χ2n) is 4.54. The third-order valence-electron chi connectivity index (χ3n) is 3.07. The lowest BCUT2D eigenvalue weighted by molar-refractivity contribution is 0.149. The topological polar surface area (TPSA) is 27.7 Å². The van der Waals surface area contributed by atoms with E-state index in [0.717, 1.165) is 22.6 Å². The van der Waals surface area contributed by atoms with E-state index in [1.165, 1.54) is 0 Å². The van der Waals surface area contributed by atoms with Crippen LogP contribution in [0.5, 0.6) is 11.5 Å². The maximum Gasteiger partial charge on any atom is 0.118 e. The predicted molar refractivity (Wildman–Crippen MR) is 84.7 cm³/mol. The Hall–Kier alpha value is -2.26. The van der Waals surface area contributed by atoms with E-state index >= 15 is 0 Å². The van der Waals surface area contributed by atoms with Crippen LogP contribution in [-0.2, 0) is 11.3 Å². The Kier molecular flexibility index (Phi) is 5.85. The molecule has 0 amide bonds.